The van der Waals surface area contributed by atoms with E-state index in [1.165, 1.54) is 6.42 Å². The zero-order valence-electron chi connectivity index (χ0n) is 10.9. The average Bonchev–Trinajstić information content (AvgIpc) is 2.79. The molecule has 0 spiro atoms. The predicted molar refractivity (Wildman–Crippen MR) is 69.8 cm³/mol. The minimum atomic E-state index is -0.0945. The molecular formula is C14H22N2O2. The first-order valence-electron chi connectivity index (χ1n) is 6.78. The van der Waals surface area contributed by atoms with E-state index in [2.05, 4.69) is 5.32 Å². The van der Waals surface area contributed by atoms with E-state index in [1.54, 1.807) is 6.26 Å². The van der Waals surface area contributed by atoms with Gasteiger partial charge in [-0.05, 0) is 31.9 Å². The summed E-state index contributed by atoms with van der Waals surface area (Å²) >= 11 is 0. The fourth-order valence-corrected chi connectivity index (χ4v) is 2.59. The lowest BCUT2D eigenvalue weighted by atomic mass is 9.94. The molecule has 100 valence electrons. The van der Waals surface area contributed by atoms with Gasteiger partial charge in [0.1, 0.15) is 5.76 Å². The Kier molecular flexibility index (Phi) is 4.42. The van der Waals surface area contributed by atoms with Crippen LogP contribution in [0.15, 0.2) is 22.8 Å². The van der Waals surface area contributed by atoms with Gasteiger partial charge in [-0.3, -0.25) is 4.79 Å². The van der Waals surface area contributed by atoms with Crippen molar-refractivity contribution in [3.63, 3.8) is 0 Å². The molecule has 1 saturated carbocycles. The van der Waals surface area contributed by atoms with Crippen LogP contribution < -0.4 is 11.1 Å². The molecule has 1 heterocycles. The van der Waals surface area contributed by atoms with Gasteiger partial charge in [-0.25, -0.2) is 0 Å². The predicted octanol–water partition coefficient (Wildman–Crippen LogP) is 2.36. The topological polar surface area (TPSA) is 68.3 Å². The Morgan fingerprint density at radius 3 is 2.94 bits per heavy atom. The van der Waals surface area contributed by atoms with Crippen LogP contribution in [0.3, 0.4) is 0 Å². The van der Waals surface area contributed by atoms with E-state index in [1.807, 2.05) is 19.1 Å². The Bertz CT molecular complexity index is 375. The first-order chi connectivity index (χ1) is 8.68. The van der Waals surface area contributed by atoms with Gasteiger partial charge in [-0.15, -0.1) is 0 Å². The molecule has 0 radical (unpaired) electrons. The fraction of sp³-hybridized carbons (Fsp3) is 0.643. The third-order valence-corrected chi connectivity index (χ3v) is 3.73. The van der Waals surface area contributed by atoms with Gasteiger partial charge in [-0.2, -0.15) is 0 Å². The smallest absolute Gasteiger partial charge is 0.225 e. The van der Waals surface area contributed by atoms with Crippen molar-refractivity contribution < 1.29 is 9.21 Å². The molecule has 1 amide bonds. The fourth-order valence-electron chi connectivity index (χ4n) is 2.59. The number of hydrogen-bond donors (Lipinski definition) is 2. The highest BCUT2D eigenvalue weighted by Crippen LogP contribution is 2.23. The Morgan fingerprint density at radius 1 is 1.44 bits per heavy atom. The molecule has 0 aromatic carbocycles. The van der Waals surface area contributed by atoms with Crippen molar-refractivity contribution in [3.8, 4) is 0 Å². The summed E-state index contributed by atoms with van der Waals surface area (Å²) in [6.07, 6.45) is 6.89. The highest BCUT2D eigenvalue weighted by molar-refractivity contribution is 5.79. The Morgan fingerprint density at radius 2 is 2.22 bits per heavy atom. The highest BCUT2D eigenvalue weighted by atomic mass is 16.3. The minimum absolute atomic E-state index is 0.00342. The van der Waals surface area contributed by atoms with Gasteiger partial charge in [0.25, 0.3) is 0 Å². The number of rotatable bonds is 3. The zero-order chi connectivity index (χ0) is 13.0. The Labute approximate surface area is 108 Å². The lowest BCUT2D eigenvalue weighted by Gasteiger charge is -2.22. The second-order valence-electron chi connectivity index (χ2n) is 5.15. The van der Waals surface area contributed by atoms with E-state index in [0.29, 0.717) is 0 Å². The van der Waals surface area contributed by atoms with Crippen LogP contribution in [-0.2, 0) is 4.79 Å². The van der Waals surface area contributed by atoms with Gasteiger partial charge in [0, 0.05) is 6.04 Å². The van der Waals surface area contributed by atoms with Gasteiger partial charge < -0.3 is 15.5 Å². The van der Waals surface area contributed by atoms with Crippen molar-refractivity contribution in [2.24, 2.45) is 11.7 Å². The number of hydrogen-bond acceptors (Lipinski definition) is 3. The number of furan rings is 1. The van der Waals surface area contributed by atoms with Crippen LogP contribution in [0.25, 0.3) is 0 Å². The van der Waals surface area contributed by atoms with Crippen molar-refractivity contribution in [2.75, 3.05) is 0 Å². The number of nitrogens with two attached hydrogens (primary N) is 1. The molecule has 0 aliphatic heterocycles. The molecule has 3 unspecified atom stereocenters. The summed E-state index contributed by atoms with van der Waals surface area (Å²) < 4.78 is 5.29. The molecule has 1 aromatic heterocycles. The van der Waals surface area contributed by atoms with Crippen LogP contribution in [0.4, 0.5) is 0 Å². The second kappa shape index (κ2) is 6.05. The van der Waals surface area contributed by atoms with Crippen molar-refractivity contribution in [2.45, 2.75) is 51.1 Å². The summed E-state index contributed by atoms with van der Waals surface area (Å²) in [6.45, 7) is 1.93. The lowest BCUT2D eigenvalue weighted by molar-refractivity contribution is -0.126. The normalized spacial score (nSPS) is 26.3. The van der Waals surface area contributed by atoms with E-state index in [0.717, 1.165) is 31.4 Å². The van der Waals surface area contributed by atoms with Gasteiger partial charge in [0.05, 0.1) is 18.2 Å². The molecule has 2 rings (SSSR count). The van der Waals surface area contributed by atoms with Crippen molar-refractivity contribution in [1.82, 2.24) is 5.32 Å². The molecule has 4 heteroatoms. The maximum atomic E-state index is 12.2. The SMILES string of the molecule is CC(NC(=O)C1CCCCCC1N)c1ccco1. The van der Waals surface area contributed by atoms with E-state index >= 15 is 0 Å². The third kappa shape index (κ3) is 3.13. The third-order valence-electron chi connectivity index (χ3n) is 3.73. The summed E-state index contributed by atoms with van der Waals surface area (Å²) in [5, 5.41) is 3.00. The molecule has 3 atom stereocenters. The van der Waals surface area contributed by atoms with E-state index in [9.17, 15) is 4.79 Å². The monoisotopic (exact) mass is 250 g/mol. The molecule has 1 fully saturated rings. The molecule has 1 aliphatic rings. The minimum Gasteiger partial charge on any atom is -0.467 e. The maximum absolute atomic E-state index is 12.2. The average molecular weight is 250 g/mol. The quantitative estimate of drug-likeness (QED) is 0.809. The summed E-state index contributed by atoms with van der Waals surface area (Å²) in [5.41, 5.74) is 6.09. The largest absolute Gasteiger partial charge is 0.467 e. The Hall–Kier alpha value is -1.29. The van der Waals surface area contributed by atoms with Crippen LogP contribution in [0.1, 0.15) is 50.8 Å². The Balaban J connectivity index is 1.94. The number of nitrogens with one attached hydrogen (secondary N) is 1. The summed E-state index contributed by atoms with van der Waals surface area (Å²) in [4.78, 5) is 12.2. The summed E-state index contributed by atoms with van der Waals surface area (Å²) in [6, 6.07) is 3.60. The van der Waals surface area contributed by atoms with Crippen molar-refractivity contribution >= 4 is 5.91 Å². The number of amides is 1. The molecule has 0 saturated heterocycles. The van der Waals surface area contributed by atoms with Crippen LogP contribution in [0.2, 0.25) is 0 Å². The van der Waals surface area contributed by atoms with E-state index in [4.69, 9.17) is 10.2 Å². The molecule has 1 aromatic rings. The molecule has 0 bridgehead atoms. The van der Waals surface area contributed by atoms with Crippen LogP contribution in [0, 0.1) is 5.92 Å². The highest BCUT2D eigenvalue weighted by Gasteiger charge is 2.28. The first kappa shape index (κ1) is 13.1. The van der Waals surface area contributed by atoms with Gasteiger partial charge >= 0.3 is 0 Å². The molecular weight excluding hydrogens is 228 g/mol. The van der Waals surface area contributed by atoms with Gasteiger partial charge in [0.15, 0.2) is 0 Å². The van der Waals surface area contributed by atoms with Gasteiger partial charge in [0.2, 0.25) is 5.91 Å². The van der Waals surface area contributed by atoms with Gasteiger partial charge in [-0.1, -0.05) is 19.3 Å². The first-order valence-corrected chi connectivity index (χ1v) is 6.78. The van der Waals surface area contributed by atoms with Crippen molar-refractivity contribution in [1.29, 1.82) is 0 Å². The zero-order valence-corrected chi connectivity index (χ0v) is 10.9. The molecule has 4 nitrogen and oxygen atoms in total. The van der Waals surface area contributed by atoms with Crippen molar-refractivity contribution in [3.05, 3.63) is 24.2 Å². The summed E-state index contributed by atoms with van der Waals surface area (Å²) in [7, 11) is 0. The maximum Gasteiger partial charge on any atom is 0.225 e. The molecule has 1 aliphatic carbocycles. The lowest BCUT2D eigenvalue weighted by Crippen LogP contribution is -2.42. The van der Waals surface area contributed by atoms with Crippen LogP contribution in [0.5, 0.6) is 0 Å². The second-order valence-corrected chi connectivity index (χ2v) is 5.15. The standard InChI is InChI=1S/C14H22N2O2/c1-10(13-8-5-9-18-13)16-14(17)11-6-3-2-4-7-12(11)15/h5,8-12H,2-4,6-7,15H2,1H3,(H,16,17). The van der Waals surface area contributed by atoms with Crippen LogP contribution in [-0.4, -0.2) is 11.9 Å². The number of carbonyl (C=O) groups excluding carboxylic acids is 1. The summed E-state index contributed by atoms with van der Waals surface area (Å²) in [5.74, 6) is 0.795. The molecule has 3 N–H and O–H groups in total. The number of carbonyl (C=O) groups is 1. The van der Waals surface area contributed by atoms with Crippen LogP contribution >= 0.6 is 0 Å². The van der Waals surface area contributed by atoms with E-state index in [-0.39, 0.29) is 23.9 Å². The van der Waals surface area contributed by atoms with E-state index < -0.39 is 0 Å². The molecule has 18 heavy (non-hydrogen) atoms.